The van der Waals surface area contributed by atoms with Crippen molar-refractivity contribution >= 4 is 34.7 Å². The number of nitrogens with one attached hydrogen (secondary N) is 1. The van der Waals surface area contributed by atoms with Crippen LogP contribution in [0.3, 0.4) is 0 Å². The minimum atomic E-state index is -0.0437. The van der Waals surface area contributed by atoms with Crippen molar-refractivity contribution in [2.24, 2.45) is 0 Å². The number of thiophene rings is 1. The molecule has 0 spiro atoms. The zero-order valence-corrected chi connectivity index (χ0v) is 20.2. The van der Waals surface area contributed by atoms with E-state index in [1.807, 2.05) is 12.1 Å². The molecule has 0 fully saturated rings. The number of carbonyl (C=O) groups is 1. The van der Waals surface area contributed by atoms with E-state index in [2.05, 4.69) is 79.1 Å². The summed E-state index contributed by atoms with van der Waals surface area (Å²) in [5.41, 5.74) is 4.56. The van der Waals surface area contributed by atoms with Gasteiger partial charge < -0.3 is 5.32 Å². The Hall–Kier alpha value is -2.12. The number of rotatable bonds is 8. The molecule has 1 aromatic carbocycles. The molecular formula is C23H30N4OS2. The van der Waals surface area contributed by atoms with Gasteiger partial charge in [-0.05, 0) is 56.4 Å². The summed E-state index contributed by atoms with van der Waals surface area (Å²) >= 11 is 3.18. The number of anilines is 1. The monoisotopic (exact) mass is 442 g/mol. The average molecular weight is 443 g/mol. The van der Waals surface area contributed by atoms with Gasteiger partial charge in [0.05, 0.1) is 5.75 Å². The second kappa shape index (κ2) is 9.79. The molecule has 3 rings (SSSR count). The number of nitrogens with zero attached hydrogens (tertiary/aromatic N) is 3. The maximum absolute atomic E-state index is 12.5. The normalized spacial score (nSPS) is 11.5. The van der Waals surface area contributed by atoms with Crippen molar-refractivity contribution in [2.45, 2.75) is 65.1 Å². The molecule has 30 heavy (non-hydrogen) atoms. The lowest BCUT2D eigenvalue weighted by Gasteiger charge is -2.14. The standard InChI is InChI=1S/C23H30N4OS2/c1-7-19-16(6)29-12-20(19)22-25-26-23(27(22)15(4)5)30-13-21(28)24-18-10-8-17(9-11-18)14(2)3/h8-12,14-15H,7,13H2,1-6H3,(H,24,28). The summed E-state index contributed by atoms with van der Waals surface area (Å²) in [6.07, 6.45) is 0.968. The van der Waals surface area contributed by atoms with Crippen molar-refractivity contribution in [1.82, 2.24) is 14.8 Å². The molecule has 0 saturated heterocycles. The van der Waals surface area contributed by atoms with E-state index in [1.165, 1.54) is 27.8 Å². The molecule has 5 nitrogen and oxygen atoms in total. The molecule has 0 bridgehead atoms. The first-order valence-electron chi connectivity index (χ1n) is 10.4. The minimum Gasteiger partial charge on any atom is -0.325 e. The van der Waals surface area contributed by atoms with E-state index in [1.54, 1.807) is 11.3 Å². The Bertz CT molecular complexity index is 1000. The highest BCUT2D eigenvalue weighted by atomic mass is 32.2. The number of benzene rings is 1. The molecule has 0 saturated carbocycles. The Labute approximate surface area is 187 Å². The van der Waals surface area contributed by atoms with Crippen LogP contribution in [0.5, 0.6) is 0 Å². The van der Waals surface area contributed by atoms with Gasteiger partial charge in [-0.25, -0.2) is 0 Å². The Morgan fingerprint density at radius 3 is 2.47 bits per heavy atom. The molecule has 0 radical (unpaired) electrons. The lowest BCUT2D eigenvalue weighted by Crippen LogP contribution is -2.15. The first-order valence-corrected chi connectivity index (χ1v) is 12.2. The van der Waals surface area contributed by atoms with Crippen LogP contribution in [0.15, 0.2) is 34.8 Å². The highest BCUT2D eigenvalue weighted by molar-refractivity contribution is 7.99. The Balaban J connectivity index is 1.72. The van der Waals surface area contributed by atoms with Crippen LogP contribution in [-0.4, -0.2) is 26.4 Å². The molecule has 0 unspecified atom stereocenters. The second-order valence-corrected chi connectivity index (χ2v) is 9.95. The van der Waals surface area contributed by atoms with Crippen LogP contribution in [0, 0.1) is 6.92 Å². The summed E-state index contributed by atoms with van der Waals surface area (Å²) in [6.45, 7) is 12.9. The third-order valence-electron chi connectivity index (χ3n) is 5.07. The molecule has 1 N–H and O–H groups in total. The molecule has 3 aromatic rings. The van der Waals surface area contributed by atoms with Gasteiger partial charge in [0.1, 0.15) is 0 Å². The molecule has 0 aliphatic heterocycles. The summed E-state index contributed by atoms with van der Waals surface area (Å²) in [5, 5.41) is 14.8. The van der Waals surface area contributed by atoms with Crippen molar-refractivity contribution < 1.29 is 4.79 Å². The molecule has 160 valence electrons. The highest BCUT2D eigenvalue weighted by Gasteiger charge is 2.21. The van der Waals surface area contributed by atoms with Crippen LogP contribution in [0.2, 0.25) is 0 Å². The van der Waals surface area contributed by atoms with Crippen LogP contribution in [-0.2, 0) is 11.2 Å². The fraction of sp³-hybridized carbons (Fsp3) is 0.435. The lowest BCUT2D eigenvalue weighted by atomic mass is 10.0. The van der Waals surface area contributed by atoms with Gasteiger partial charge in [0.15, 0.2) is 11.0 Å². The number of aromatic nitrogens is 3. The zero-order valence-electron chi connectivity index (χ0n) is 18.5. The summed E-state index contributed by atoms with van der Waals surface area (Å²) < 4.78 is 2.13. The molecule has 2 aromatic heterocycles. The van der Waals surface area contributed by atoms with Gasteiger partial charge in [0.2, 0.25) is 5.91 Å². The zero-order chi connectivity index (χ0) is 21.8. The summed E-state index contributed by atoms with van der Waals surface area (Å²) in [4.78, 5) is 13.8. The SMILES string of the molecule is CCc1c(-c2nnc(SCC(=O)Nc3ccc(C(C)C)cc3)n2C(C)C)csc1C. The van der Waals surface area contributed by atoms with Crippen molar-refractivity contribution in [3.05, 3.63) is 45.6 Å². The second-order valence-electron chi connectivity index (χ2n) is 7.92. The number of aryl methyl sites for hydroxylation is 1. The third kappa shape index (κ3) is 4.95. The van der Waals surface area contributed by atoms with Crippen LogP contribution < -0.4 is 5.32 Å². The van der Waals surface area contributed by atoms with Crippen molar-refractivity contribution in [3.63, 3.8) is 0 Å². The Morgan fingerprint density at radius 2 is 1.87 bits per heavy atom. The van der Waals surface area contributed by atoms with E-state index in [0.717, 1.165) is 28.7 Å². The quantitative estimate of drug-likeness (QED) is 0.415. The smallest absolute Gasteiger partial charge is 0.234 e. The van der Waals surface area contributed by atoms with Gasteiger partial charge >= 0.3 is 0 Å². The fourth-order valence-electron chi connectivity index (χ4n) is 3.41. The van der Waals surface area contributed by atoms with Gasteiger partial charge in [-0.2, -0.15) is 0 Å². The molecule has 0 aliphatic rings. The first kappa shape index (κ1) is 22.6. The van der Waals surface area contributed by atoms with Crippen molar-refractivity contribution in [1.29, 1.82) is 0 Å². The molecule has 0 atom stereocenters. The largest absolute Gasteiger partial charge is 0.325 e. The van der Waals surface area contributed by atoms with Crippen LogP contribution in [0.4, 0.5) is 5.69 Å². The van der Waals surface area contributed by atoms with Gasteiger partial charge in [0, 0.05) is 27.5 Å². The van der Waals surface area contributed by atoms with Gasteiger partial charge in [-0.1, -0.05) is 44.7 Å². The van der Waals surface area contributed by atoms with Crippen LogP contribution in [0.25, 0.3) is 11.4 Å². The van der Waals surface area contributed by atoms with Crippen molar-refractivity contribution in [3.8, 4) is 11.4 Å². The molecule has 0 aliphatic carbocycles. The number of hydrogen-bond donors (Lipinski definition) is 1. The maximum Gasteiger partial charge on any atom is 0.234 e. The summed E-state index contributed by atoms with van der Waals surface area (Å²) in [7, 11) is 0. The third-order valence-corrected chi connectivity index (χ3v) is 6.97. The van der Waals surface area contributed by atoms with Gasteiger partial charge in [-0.3, -0.25) is 9.36 Å². The number of carbonyl (C=O) groups excluding carboxylic acids is 1. The molecular weight excluding hydrogens is 412 g/mol. The van der Waals surface area contributed by atoms with E-state index in [0.29, 0.717) is 11.7 Å². The van der Waals surface area contributed by atoms with Gasteiger partial charge in [-0.15, -0.1) is 21.5 Å². The minimum absolute atomic E-state index is 0.0437. The fourth-order valence-corrected chi connectivity index (χ4v) is 5.22. The van der Waals surface area contributed by atoms with E-state index < -0.39 is 0 Å². The van der Waals surface area contributed by atoms with E-state index in [4.69, 9.17) is 0 Å². The summed E-state index contributed by atoms with van der Waals surface area (Å²) in [5.74, 6) is 1.61. The topological polar surface area (TPSA) is 59.8 Å². The van der Waals surface area contributed by atoms with Crippen molar-refractivity contribution in [2.75, 3.05) is 11.1 Å². The first-order chi connectivity index (χ1) is 14.3. The predicted octanol–water partition coefficient (Wildman–Crippen LogP) is 6.31. The van der Waals surface area contributed by atoms with E-state index in [9.17, 15) is 4.79 Å². The number of hydrogen-bond acceptors (Lipinski definition) is 5. The Kier molecular flexibility index (Phi) is 7.36. The predicted molar refractivity (Wildman–Crippen MR) is 128 cm³/mol. The van der Waals surface area contributed by atoms with Crippen LogP contribution >= 0.6 is 23.1 Å². The highest BCUT2D eigenvalue weighted by Crippen LogP contribution is 2.34. The van der Waals surface area contributed by atoms with Crippen LogP contribution in [0.1, 0.15) is 62.6 Å². The number of amides is 1. The molecule has 7 heteroatoms. The average Bonchev–Trinajstić information content (AvgIpc) is 3.29. The molecule has 2 heterocycles. The van der Waals surface area contributed by atoms with E-state index in [-0.39, 0.29) is 11.9 Å². The Morgan fingerprint density at radius 1 is 1.17 bits per heavy atom. The van der Waals surface area contributed by atoms with Gasteiger partial charge in [0.25, 0.3) is 0 Å². The number of thioether (sulfide) groups is 1. The molecule has 1 amide bonds. The maximum atomic E-state index is 12.5. The summed E-state index contributed by atoms with van der Waals surface area (Å²) in [6, 6.07) is 8.23. The lowest BCUT2D eigenvalue weighted by molar-refractivity contribution is -0.113. The van der Waals surface area contributed by atoms with E-state index >= 15 is 0 Å².